The highest BCUT2D eigenvalue weighted by atomic mass is 16.1. The number of hydrogen-bond acceptors (Lipinski definition) is 1. The Balaban J connectivity index is 2.13. The SMILES string of the molecule is CC1=CC(=O)[C@H]2[C@H]3[C@@H]1[C@]2(C)CCCC3(C)C. The van der Waals surface area contributed by atoms with Crippen molar-refractivity contribution in [2.75, 3.05) is 0 Å². The molecule has 0 radical (unpaired) electrons. The topological polar surface area (TPSA) is 17.1 Å². The van der Waals surface area contributed by atoms with Crippen molar-refractivity contribution in [2.45, 2.75) is 47.0 Å². The molecule has 2 saturated carbocycles. The Bertz CT molecular complexity index is 390. The zero-order valence-electron chi connectivity index (χ0n) is 10.8. The van der Waals surface area contributed by atoms with Gasteiger partial charge in [-0.25, -0.2) is 0 Å². The molecule has 0 N–H and O–H groups in total. The standard InChI is InChI=1S/C15H22O/c1-9-8-10(16)12-13-11(9)15(12,4)7-5-6-14(13,2)3/h8,11-13H,5-7H2,1-4H3/t11-,12+,13-,15+/m1/s1. The van der Waals surface area contributed by atoms with Gasteiger partial charge in [-0.05, 0) is 48.5 Å². The number of hydrogen-bond donors (Lipinski definition) is 0. The van der Waals surface area contributed by atoms with E-state index in [4.69, 9.17) is 0 Å². The van der Waals surface area contributed by atoms with Crippen LogP contribution >= 0.6 is 0 Å². The first kappa shape index (κ1) is 10.6. The molecule has 4 bridgehead atoms. The quantitative estimate of drug-likeness (QED) is 0.607. The van der Waals surface area contributed by atoms with E-state index in [1.807, 2.05) is 6.08 Å². The molecule has 1 heteroatoms. The average molecular weight is 218 g/mol. The van der Waals surface area contributed by atoms with Crippen LogP contribution in [0.2, 0.25) is 0 Å². The van der Waals surface area contributed by atoms with Gasteiger partial charge in [0.2, 0.25) is 0 Å². The molecule has 0 aromatic heterocycles. The minimum atomic E-state index is 0.300. The molecule has 16 heavy (non-hydrogen) atoms. The van der Waals surface area contributed by atoms with Crippen molar-refractivity contribution >= 4 is 5.78 Å². The van der Waals surface area contributed by atoms with E-state index in [2.05, 4.69) is 27.7 Å². The Morgan fingerprint density at radius 1 is 1.19 bits per heavy atom. The van der Waals surface area contributed by atoms with Gasteiger partial charge in [-0.3, -0.25) is 4.79 Å². The van der Waals surface area contributed by atoms with E-state index in [1.54, 1.807) is 0 Å². The minimum absolute atomic E-state index is 0.300. The van der Waals surface area contributed by atoms with Gasteiger partial charge < -0.3 is 0 Å². The van der Waals surface area contributed by atoms with Crippen LogP contribution in [0.4, 0.5) is 0 Å². The molecule has 0 heterocycles. The summed E-state index contributed by atoms with van der Waals surface area (Å²) < 4.78 is 0. The molecule has 0 aromatic rings. The maximum atomic E-state index is 12.2. The minimum Gasteiger partial charge on any atom is -0.295 e. The summed E-state index contributed by atoms with van der Waals surface area (Å²) in [7, 11) is 0. The molecule has 0 amide bonds. The molecule has 4 aliphatic rings. The molecule has 4 atom stereocenters. The highest BCUT2D eigenvalue weighted by molar-refractivity contribution is 5.96. The van der Waals surface area contributed by atoms with E-state index < -0.39 is 0 Å². The summed E-state index contributed by atoms with van der Waals surface area (Å²) >= 11 is 0. The largest absolute Gasteiger partial charge is 0.295 e. The second-order valence-corrected chi connectivity index (χ2v) is 7.12. The second kappa shape index (κ2) is 2.80. The fraction of sp³-hybridized carbons (Fsp3) is 0.800. The smallest absolute Gasteiger partial charge is 0.159 e. The number of fused-ring (bicyclic) bond motifs is 1. The predicted octanol–water partition coefficient (Wildman–Crippen LogP) is 3.59. The lowest BCUT2D eigenvalue weighted by Crippen LogP contribution is -2.63. The molecule has 0 saturated heterocycles. The van der Waals surface area contributed by atoms with Crippen molar-refractivity contribution in [3.63, 3.8) is 0 Å². The third-order valence-corrected chi connectivity index (χ3v) is 5.75. The van der Waals surface area contributed by atoms with Crippen LogP contribution < -0.4 is 0 Å². The highest BCUT2D eigenvalue weighted by Crippen LogP contribution is 2.71. The van der Waals surface area contributed by atoms with Crippen molar-refractivity contribution < 1.29 is 4.79 Å². The summed E-state index contributed by atoms with van der Waals surface area (Å²) in [6, 6.07) is 0. The zero-order valence-corrected chi connectivity index (χ0v) is 10.8. The Morgan fingerprint density at radius 2 is 1.88 bits per heavy atom. The van der Waals surface area contributed by atoms with Gasteiger partial charge in [-0.1, -0.05) is 32.8 Å². The van der Waals surface area contributed by atoms with Crippen LogP contribution in [0.1, 0.15) is 47.0 Å². The van der Waals surface area contributed by atoms with Crippen LogP contribution in [0, 0.1) is 28.6 Å². The lowest BCUT2D eigenvalue weighted by Gasteiger charge is -2.64. The molecule has 0 aliphatic heterocycles. The fourth-order valence-corrected chi connectivity index (χ4v) is 5.10. The molecule has 4 rings (SSSR count). The Kier molecular flexibility index (Phi) is 1.85. The molecule has 0 unspecified atom stereocenters. The van der Waals surface area contributed by atoms with E-state index in [0.29, 0.717) is 34.4 Å². The summed E-state index contributed by atoms with van der Waals surface area (Å²) in [5.74, 6) is 2.06. The molecule has 88 valence electrons. The Morgan fingerprint density at radius 3 is 2.50 bits per heavy atom. The van der Waals surface area contributed by atoms with Crippen LogP contribution in [-0.4, -0.2) is 5.78 Å². The molecular formula is C15H22O. The maximum absolute atomic E-state index is 12.2. The average Bonchev–Trinajstić information content (AvgIpc) is 2.28. The van der Waals surface area contributed by atoms with Gasteiger partial charge in [0.1, 0.15) is 0 Å². The van der Waals surface area contributed by atoms with Gasteiger partial charge in [0.15, 0.2) is 5.78 Å². The predicted molar refractivity (Wildman–Crippen MR) is 65.0 cm³/mol. The zero-order chi connectivity index (χ0) is 11.7. The number of ketones is 1. The first-order valence-electron chi connectivity index (χ1n) is 6.60. The second-order valence-electron chi connectivity index (χ2n) is 7.12. The number of carbonyl (C=O) groups excluding carboxylic acids is 1. The Labute approximate surface area is 98.3 Å². The van der Waals surface area contributed by atoms with Gasteiger partial charge in [-0.15, -0.1) is 0 Å². The summed E-state index contributed by atoms with van der Waals surface area (Å²) in [5, 5.41) is 0. The molecule has 0 aromatic carbocycles. The Hall–Kier alpha value is -0.590. The lowest BCUT2D eigenvalue weighted by molar-refractivity contribution is -0.164. The first-order chi connectivity index (χ1) is 7.38. The maximum Gasteiger partial charge on any atom is 0.159 e. The first-order valence-corrected chi connectivity index (χ1v) is 6.60. The van der Waals surface area contributed by atoms with Crippen LogP contribution in [0.3, 0.4) is 0 Å². The summed E-state index contributed by atoms with van der Waals surface area (Å²) in [6.07, 6.45) is 5.77. The van der Waals surface area contributed by atoms with Crippen LogP contribution in [0.15, 0.2) is 11.6 Å². The van der Waals surface area contributed by atoms with Gasteiger partial charge in [-0.2, -0.15) is 0 Å². The summed E-state index contributed by atoms with van der Waals surface area (Å²) in [5.41, 5.74) is 2.01. The molecular weight excluding hydrogens is 196 g/mol. The van der Waals surface area contributed by atoms with Gasteiger partial charge in [0.25, 0.3) is 0 Å². The third-order valence-electron chi connectivity index (χ3n) is 5.75. The van der Waals surface area contributed by atoms with Crippen molar-refractivity contribution in [1.82, 2.24) is 0 Å². The normalized spacial score (nSPS) is 49.1. The number of allylic oxidation sites excluding steroid dienone is 2. The van der Waals surface area contributed by atoms with Crippen molar-refractivity contribution in [1.29, 1.82) is 0 Å². The van der Waals surface area contributed by atoms with Crippen molar-refractivity contribution in [2.24, 2.45) is 28.6 Å². The third kappa shape index (κ3) is 1.00. The van der Waals surface area contributed by atoms with E-state index in [1.165, 1.54) is 24.8 Å². The number of rotatable bonds is 0. The summed E-state index contributed by atoms with van der Waals surface area (Å²) in [4.78, 5) is 12.2. The van der Waals surface area contributed by atoms with Crippen LogP contribution in [0.5, 0.6) is 0 Å². The van der Waals surface area contributed by atoms with Gasteiger partial charge in [0.05, 0.1) is 0 Å². The van der Waals surface area contributed by atoms with Gasteiger partial charge in [0, 0.05) is 5.92 Å². The highest BCUT2D eigenvalue weighted by Gasteiger charge is 2.67. The van der Waals surface area contributed by atoms with E-state index in [0.717, 1.165) is 0 Å². The molecule has 1 nitrogen and oxygen atoms in total. The monoisotopic (exact) mass is 218 g/mol. The van der Waals surface area contributed by atoms with Crippen LogP contribution in [0.25, 0.3) is 0 Å². The van der Waals surface area contributed by atoms with Gasteiger partial charge >= 0.3 is 0 Å². The van der Waals surface area contributed by atoms with E-state index in [9.17, 15) is 4.79 Å². The fourth-order valence-electron chi connectivity index (χ4n) is 5.10. The van der Waals surface area contributed by atoms with E-state index in [-0.39, 0.29) is 0 Å². The van der Waals surface area contributed by atoms with Crippen molar-refractivity contribution in [3.05, 3.63) is 11.6 Å². The van der Waals surface area contributed by atoms with Crippen LogP contribution in [-0.2, 0) is 4.79 Å². The lowest BCUT2D eigenvalue weighted by atomic mass is 9.38. The van der Waals surface area contributed by atoms with Crippen molar-refractivity contribution in [3.8, 4) is 0 Å². The molecule has 4 aliphatic carbocycles. The van der Waals surface area contributed by atoms with E-state index >= 15 is 0 Å². The number of carbonyl (C=O) groups is 1. The molecule has 0 spiro atoms. The summed E-state index contributed by atoms with van der Waals surface area (Å²) in [6.45, 7) is 9.27. The molecule has 2 fully saturated rings.